The molecule has 0 spiro atoms. The summed E-state index contributed by atoms with van der Waals surface area (Å²) in [4.78, 5) is 13.2. The highest BCUT2D eigenvalue weighted by atomic mass is 16.5. The normalized spacial score (nSPS) is 11.8. The summed E-state index contributed by atoms with van der Waals surface area (Å²) in [5.74, 6) is 1.32. The highest BCUT2D eigenvalue weighted by Crippen LogP contribution is 2.35. The molecule has 9 heteroatoms. The van der Waals surface area contributed by atoms with Crippen LogP contribution in [0.5, 0.6) is 29.0 Å². The van der Waals surface area contributed by atoms with Crippen molar-refractivity contribution in [1.29, 1.82) is 0 Å². The smallest absolute Gasteiger partial charge is 0.320 e. The number of ether oxygens (including phenoxy) is 4. The first-order valence-corrected chi connectivity index (χ1v) is 10.9. The predicted molar refractivity (Wildman–Crippen MR) is 123 cm³/mol. The van der Waals surface area contributed by atoms with Gasteiger partial charge in [0.2, 0.25) is 0 Å². The van der Waals surface area contributed by atoms with Crippen LogP contribution in [0, 0.1) is 0 Å². The second-order valence-corrected chi connectivity index (χ2v) is 7.07. The van der Waals surface area contributed by atoms with E-state index in [9.17, 15) is 10.2 Å². The number of rotatable bonds is 11. The van der Waals surface area contributed by atoms with Crippen molar-refractivity contribution in [3.8, 4) is 51.8 Å². The van der Waals surface area contributed by atoms with Gasteiger partial charge in [0.25, 0.3) is 0 Å². The van der Waals surface area contributed by atoms with E-state index in [1.54, 1.807) is 24.3 Å². The van der Waals surface area contributed by atoms with Crippen LogP contribution in [0.3, 0.4) is 0 Å². The molecule has 0 aliphatic heterocycles. The topological polar surface area (TPSA) is 116 Å². The molecule has 3 aromatic rings. The van der Waals surface area contributed by atoms with Crippen LogP contribution in [0.2, 0.25) is 0 Å². The van der Waals surface area contributed by atoms with Crippen LogP contribution in [0.15, 0.2) is 36.4 Å². The molecule has 1 heterocycles. The summed E-state index contributed by atoms with van der Waals surface area (Å²) in [5, 5.41) is 21.1. The van der Waals surface area contributed by atoms with Crippen LogP contribution in [0.1, 0.15) is 27.7 Å². The molecule has 33 heavy (non-hydrogen) atoms. The fourth-order valence-electron chi connectivity index (χ4n) is 3.10. The molecule has 9 nitrogen and oxygen atoms in total. The second kappa shape index (κ2) is 11.3. The van der Waals surface area contributed by atoms with E-state index in [1.807, 2.05) is 27.7 Å². The van der Waals surface area contributed by atoms with Crippen molar-refractivity contribution < 1.29 is 29.2 Å². The number of nitrogens with zero attached hydrogens (tertiary/aromatic N) is 3. The first-order chi connectivity index (χ1) is 15.9. The standard InChI is InChI=1S/C24H29N3O6/c1-5-30-15(4)14-33-24-26-22(18-10-8-16(31-6-2)12-20(18)28)25-23(27-24)19-11-9-17(32-7-3)13-21(19)29/h8-13,15,28-29H,5-7,14H2,1-4H3. The van der Waals surface area contributed by atoms with Gasteiger partial charge in [-0.3, -0.25) is 0 Å². The highest BCUT2D eigenvalue weighted by molar-refractivity contribution is 5.70. The van der Waals surface area contributed by atoms with Gasteiger partial charge in [-0.05, 0) is 52.0 Å². The molecule has 1 unspecified atom stereocenters. The molecule has 2 N–H and O–H groups in total. The van der Waals surface area contributed by atoms with Crippen molar-refractivity contribution in [2.45, 2.75) is 33.8 Å². The molecule has 1 atom stereocenters. The fraction of sp³-hybridized carbons (Fsp3) is 0.375. The Hall–Kier alpha value is -3.59. The number of phenolic OH excluding ortho intramolecular Hbond substituents is 2. The Morgan fingerprint density at radius 3 is 1.67 bits per heavy atom. The predicted octanol–water partition coefficient (Wildman–Crippen LogP) is 4.22. The fourth-order valence-corrected chi connectivity index (χ4v) is 3.10. The van der Waals surface area contributed by atoms with Gasteiger partial charge < -0.3 is 29.2 Å². The molecule has 0 fully saturated rings. The van der Waals surface area contributed by atoms with Crippen LogP contribution in [-0.4, -0.2) is 57.7 Å². The number of hydrogen-bond acceptors (Lipinski definition) is 9. The molecule has 0 saturated heterocycles. The summed E-state index contributed by atoms with van der Waals surface area (Å²) >= 11 is 0. The van der Waals surface area contributed by atoms with Gasteiger partial charge in [0.05, 0.1) is 30.4 Å². The number of benzene rings is 2. The van der Waals surface area contributed by atoms with Gasteiger partial charge in [-0.1, -0.05) is 0 Å². The Bertz CT molecular complexity index is 1000. The molecular weight excluding hydrogens is 426 g/mol. The van der Waals surface area contributed by atoms with Gasteiger partial charge in [0.15, 0.2) is 11.6 Å². The number of aromatic nitrogens is 3. The largest absolute Gasteiger partial charge is 0.507 e. The van der Waals surface area contributed by atoms with E-state index >= 15 is 0 Å². The first kappa shape index (κ1) is 24.1. The Morgan fingerprint density at radius 2 is 1.24 bits per heavy atom. The summed E-state index contributed by atoms with van der Waals surface area (Å²) in [5.41, 5.74) is 0.741. The third-order valence-corrected chi connectivity index (χ3v) is 4.56. The molecule has 0 aliphatic rings. The van der Waals surface area contributed by atoms with Crippen molar-refractivity contribution >= 4 is 0 Å². The second-order valence-electron chi connectivity index (χ2n) is 7.07. The summed E-state index contributed by atoms with van der Waals surface area (Å²) in [6, 6.07) is 9.78. The zero-order valence-electron chi connectivity index (χ0n) is 19.2. The lowest BCUT2D eigenvalue weighted by Gasteiger charge is -2.14. The van der Waals surface area contributed by atoms with E-state index in [0.29, 0.717) is 42.4 Å². The quantitative estimate of drug-likeness (QED) is 0.438. The van der Waals surface area contributed by atoms with Crippen molar-refractivity contribution in [2.75, 3.05) is 26.4 Å². The van der Waals surface area contributed by atoms with Crippen molar-refractivity contribution in [1.82, 2.24) is 15.0 Å². The maximum Gasteiger partial charge on any atom is 0.320 e. The van der Waals surface area contributed by atoms with Crippen LogP contribution in [0.4, 0.5) is 0 Å². The zero-order valence-corrected chi connectivity index (χ0v) is 19.2. The van der Waals surface area contributed by atoms with Gasteiger partial charge in [0, 0.05) is 18.7 Å². The zero-order chi connectivity index (χ0) is 23.8. The van der Waals surface area contributed by atoms with E-state index in [-0.39, 0.29) is 41.9 Å². The number of hydrogen-bond donors (Lipinski definition) is 2. The Kier molecular flexibility index (Phi) is 8.26. The summed E-state index contributed by atoms with van der Waals surface area (Å²) < 4.78 is 22.1. The minimum absolute atomic E-state index is 0.0446. The van der Waals surface area contributed by atoms with Gasteiger partial charge in [-0.25, -0.2) is 4.98 Å². The summed E-state index contributed by atoms with van der Waals surface area (Å²) in [6.45, 7) is 9.23. The molecular formula is C24H29N3O6. The lowest BCUT2D eigenvalue weighted by molar-refractivity contribution is 0.0375. The highest BCUT2D eigenvalue weighted by Gasteiger charge is 2.18. The van der Waals surface area contributed by atoms with Crippen molar-refractivity contribution in [3.05, 3.63) is 36.4 Å². The lowest BCUT2D eigenvalue weighted by Crippen LogP contribution is -2.19. The van der Waals surface area contributed by atoms with Crippen LogP contribution in [0.25, 0.3) is 22.8 Å². The van der Waals surface area contributed by atoms with Gasteiger partial charge >= 0.3 is 6.01 Å². The van der Waals surface area contributed by atoms with Gasteiger partial charge in [-0.15, -0.1) is 0 Å². The van der Waals surface area contributed by atoms with E-state index in [4.69, 9.17) is 18.9 Å². The number of aromatic hydroxyl groups is 2. The molecule has 0 amide bonds. The molecule has 3 rings (SSSR count). The van der Waals surface area contributed by atoms with Gasteiger partial charge in [-0.2, -0.15) is 9.97 Å². The molecule has 2 aromatic carbocycles. The SMILES string of the molecule is CCOc1ccc(-c2nc(OCC(C)OCC)nc(-c3ccc(OCC)cc3O)n2)c(O)c1. The van der Waals surface area contributed by atoms with E-state index < -0.39 is 0 Å². The first-order valence-electron chi connectivity index (χ1n) is 10.9. The average molecular weight is 456 g/mol. The molecule has 0 radical (unpaired) electrons. The Balaban J connectivity index is 2.03. The summed E-state index contributed by atoms with van der Waals surface area (Å²) in [6.07, 6.45) is -0.170. The molecule has 0 saturated carbocycles. The monoisotopic (exact) mass is 455 g/mol. The number of phenols is 2. The molecule has 1 aromatic heterocycles. The van der Waals surface area contributed by atoms with Crippen LogP contribution >= 0.6 is 0 Å². The van der Waals surface area contributed by atoms with E-state index in [1.165, 1.54) is 12.1 Å². The van der Waals surface area contributed by atoms with Crippen molar-refractivity contribution in [3.63, 3.8) is 0 Å². The third-order valence-electron chi connectivity index (χ3n) is 4.56. The summed E-state index contributed by atoms with van der Waals surface area (Å²) in [7, 11) is 0. The molecule has 0 bridgehead atoms. The van der Waals surface area contributed by atoms with Gasteiger partial charge in [0.1, 0.15) is 29.6 Å². The Labute approximate surface area is 193 Å². The minimum atomic E-state index is -0.170. The average Bonchev–Trinajstić information content (AvgIpc) is 2.78. The van der Waals surface area contributed by atoms with Crippen LogP contribution in [-0.2, 0) is 4.74 Å². The van der Waals surface area contributed by atoms with Crippen molar-refractivity contribution in [2.24, 2.45) is 0 Å². The Morgan fingerprint density at radius 1 is 0.727 bits per heavy atom. The van der Waals surface area contributed by atoms with E-state index in [0.717, 1.165) is 0 Å². The maximum absolute atomic E-state index is 10.6. The third kappa shape index (κ3) is 6.23. The maximum atomic E-state index is 10.6. The minimum Gasteiger partial charge on any atom is -0.507 e. The lowest BCUT2D eigenvalue weighted by atomic mass is 10.1. The van der Waals surface area contributed by atoms with Crippen LogP contribution < -0.4 is 14.2 Å². The molecule has 176 valence electrons. The molecule has 0 aliphatic carbocycles. The van der Waals surface area contributed by atoms with E-state index in [2.05, 4.69) is 15.0 Å².